The molecule has 0 saturated heterocycles. The highest BCUT2D eigenvalue weighted by Gasteiger charge is 2.08. The predicted molar refractivity (Wildman–Crippen MR) is 66.6 cm³/mol. The van der Waals surface area contributed by atoms with Crippen molar-refractivity contribution >= 4 is 34.0 Å². The number of rotatable bonds is 5. The number of thioether (sulfide) groups is 1. The van der Waals surface area contributed by atoms with E-state index >= 15 is 0 Å². The van der Waals surface area contributed by atoms with E-state index in [2.05, 4.69) is 15.9 Å². The number of carbonyl (C=O) groups excluding carboxylic acids is 1. The lowest BCUT2D eigenvalue weighted by atomic mass is 10.2. The Kier molecular flexibility index (Phi) is 5.36. The second-order valence-corrected chi connectivity index (χ2v) is 5.64. The van der Waals surface area contributed by atoms with Gasteiger partial charge in [-0.2, -0.15) is 0 Å². The highest BCUT2D eigenvalue weighted by molar-refractivity contribution is 9.10. The van der Waals surface area contributed by atoms with Gasteiger partial charge in [0.05, 0.1) is 0 Å². The predicted octanol–water partition coefficient (Wildman–Crippen LogP) is 3.12. The molecule has 0 amide bonds. The van der Waals surface area contributed by atoms with Crippen molar-refractivity contribution in [1.82, 2.24) is 0 Å². The van der Waals surface area contributed by atoms with Crippen molar-refractivity contribution in [3.8, 4) is 0 Å². The van der Waals surface area contributed by atoms with Gasteiger partial charge in [0.2, 0.25) is 0 Å². The van der Waals surface area contributed by atoms with Crippen LogP contribution in [0, 0.1) is 0 Å². The SMILES string of the molecule is CC(CCO)Sc1ccc(Br)cc1C=O. The number of hydrogen-bond donors (Lipinski definition) is 1. The fourth-order valence-electron chi connectivity index (χ4n) is 1.18. The molecule has 15 heavy (non-hydrogen) atoms. The van der Waals surface area contributed by atoms with E-state index in [9.17, 15) is 4.79 Å². The molecule has 0 spiro atoms. The van der Waals surface area contributed by atoms with Gasteiger partial charge in [0, 0.05) is 26.8 Å². The second-order valence-electron chi connectivity index (χ2n) is 3.24. The summed E-state index contributed by atoms with van der Waals surface area (Å²) in [4.78, 5) is 11.8. The van der Waals surface area contributed by atoms with Crippen molar-refractivity contribution in [1.29, 1.82) is 0 Å². The molecule has 1 atom stereocenters. The Morgan fingerprint density at radius 3 is 2.93 bits per heavy atom. The van der Waals surface area contributed by atoms with E-state index in [0.717, 1.165) is 22.1 Å². The molecular formula is C11H13BrO2S. The van der Waals surface area contributed by atoms with Crippen LogP contribution in [0.4, 0.5) is 0 Å². The van der Waals surface area contributed by atoms with Crippen LogP contribution in [0.5, 0.6) is 0 Å². The molecule has 0 aliphatic rings. The first-order valence-electron chi connectivity index (χ1n) is 4.69. The van der Waals surface area contributed by atoms with E-state index in [0.29, 0.717) is 10.8 Å². The van der Waals surface area contributed by atoms with Crippen molar-refractivity contribution in [3.63, 3.8) is 0 Å². The Labute approximate surface area is 102 Å². The molecule has 2 nitrogen and oxygen atoms in total. The van der Waals surface area contributed by atoms with Gasteiger partial charge in [-0.15, -0.1) is 11.8 Å². The molecule has 1 unspecified atom stereocenters. The van der Waals surface area contributed by atoms with Crippen LogP contribution in [0.3, 0.4) is 0 Å². The molecule has 82 valence electrons. The number of aldehydes is 1. The number of aliphatic hydroxyl groups is 1. The van der Waals surface area contributed by atoms with Gasteiger partial charge in [-0.05, 0) is 24.6 Å². The summed E-state index contributed by atoms with van der Waals surface area (Å²) in [6.07, 6.45) is 1.60. The lowest BCUT2D eigenvalue weighted by molar-refractivity contribution is 0.112. The molecule has 0 heterocycles. The normalized spacial score (nSPS) is 12.5. The summed E-state index contributed by atoms with van der Waals surface area (Å²) in [6, 6.07) is 5.65. The number of carbonyl (C=O) groups is 1. The van der Waals surface area contributed by atoms with E-state index in [1.807, 2.05) is 19.1 Å². The molecule has 0 fully saturated rings. The third-order valence-corrected chi connectivity index (χ3v) is 3.72. The van der Waals surface area contributed by atoms with Crippen LogP contribution in [0.15, 0.2) is 27.6 Å². The minimum atomic E-state index is 0.182. The lowest BCUT2D eigenvalue weighted by Crippen LogP contribution is -2.00. The smallest absolute Gasteiger partial charge is 0.151 e. The van der Waals surface area contributed by atoms with Crippen LogP contribution in [-0.4, -0.2) is 23.2 Å². The summed E-state index contributed by atoms with van der Waals surface area (Å²) in [6.45, 7) is 2.22. The van der Waals surface area contributed by atoms with Gasteiger partial charge in [-0.1, -0.05) is 22.9 Å². The maximum Gasteiger partial charge on any atom is 0.151 e. The summed E-state index contributed by atoms with van der Waals surface area (Å²) in [7, 11) is 0. The number of aliphatic hydroxyl groups excluding tert-OH is 1. The van der Waals surface area contributed by atoms with Gasteiger partial charge in [0.25, 0.3) is 0 Å². The van der Waals surface area contributed by atoms with Crippen LogP contribution in [0.1, 0.15) is 23.7 Å². The summed E-state index contributed by atoms with van der Waals surface area (Å²) < 4.78 is 0.906. The monoisotopic (exact) mass is 288 g/mol. The highest BCUT2D eigenvalue weighted by atomic mass is 79.9. The van der Waals surface area contributed by atoms with E-state index in [4.69, 9.17) is 5.11 Å². The molecule has 0 radical (unpaired) electrons. The Morgan fingerprint density at radius 2 is 2.33 bits per heavy atom. The average Bonchev–Trinajstić information content (AvgIpc) is 2.21. The summed E-state index contributed by atoms with van der Waals surface area (Å²) in [5.74, 6) is 0. The van der Waals surface area contributed by atoms with Gasteiger partial charge < -0.3 is 5.11 Å². The van der Waals surface area contributed by atoms with Crippen molar-refractivity contribution < 1.29 is 9.90 Å². The molecule has 1 rings (SSSR count). The minimum absolute atomic E-state index is 0.182. The van der Waals surface area contributed by atoms with Crippen LogP contribution in [0.25, 0.3) is 0 Å². The summed E-state index contributed by atoms with van der Waals surface area (Å²) in [5, 5.41) is 9.11. The number of hydrogen-bond acceptors (Lipinski definition) is 3. The zero-order valence-electron chi connectivity index (χ0n) is 8.44. The quantitative estimate of drug-likeness (QED) is 0.668. The van der Waals surface area contributed by atoms with Crippen molar-refractivity contribution in [2.75, 3.05) is 6.61 Å². The molecule has 1 aromatic carbocycles. The topological polar surface area (TPSA) is 37.3 Å². The lowest BCUT2D eigenvalue weighted by Gasteiger charge is -2.11. The van der Waals surface area contributed by atoms with Crippen LogP contribution >= 0.6 is 27.7 Å². The zero-order valence-corrected chi connectivity index (χ0v) is 10.8. The molecular weight excluding hydrogens is 276 g/mol. The van der Waals surface area contributed by atoms with Crippen LogP contribution in [0.2, 0.25) is 0 Å². The van der Waals surface area contributed by atoms with E-state index < -0.39 is 0 Å². The van der Waals surface area contributed by atoms with Gasteiger partial charge in [-0.25, -0.2) is 0 Å². The van der Waals surface area contributed by atoms with E-state index in [1.165, 1.54) is 0 Å². The molecule has 1 N–H and O–H groups in total. The second kappa shape index (κ2) is 6.30. The molecule has 0 aromatic heterocycles. The summed E-state index contributed by atoms with van der Waals surface area (Å²) in [5.41, 5.74) is 0.694. The Morgan fingerprint density at radius 1 is 1.60 bits per heavy atom. The first-order valence-corrected chi connectivity index (χ1v) is 6.37. The Balaban J connectivity index is 2.80. The van der Waals surface area contributed by atoms with E-state index in [1.54, 1.807) is 17.8 Å². The number of halogens is 1. The third-order valence-electron chi connectivity index (χ3n) is 1.96. The van der Waals surface area contributed by atoms with Gasteiger partial charge >= 0.3 is 0 Å². The van der Waals surface area contributed by atoms with Gasteiger partial charge in [0.1, 0.15) is 0 Å². The molecule has 1 aromatic rings. The van der Waals surface area contributed by atoms with Crippen molar-refractivity contribution in [2.45, 2.75) is 23.5 Å². The van der Waals surface area contributed by atoms with E-state index in [-0.39, 0.29) is 6.61 Å². The maximum absolute atomic E-state index is 10.8. The van der Waals surface area contributed by atoms with Crippen molar-refractivity contribution in [3.05, 3.63) is 28.2 Å². The van der Waals surface area contributed by atoms with Gasteiger partial charge in [0.15, 0.2) is 6.29 Å². The maximum atomic E-state index is 10.8. The van der Waals surface area contributed by atoms with Crippen LogP contribution < -0.4 is 0 Å². The Bertz CT molecular complexity index is 341. The molecule has 4 heteroatoms. The first-order chi connectivity index (χ1) is 7.17. The third kappa shape index (κ3) is 3.97. The van der Waals surface area contributed by atoms with Gasteiger partial charge in [-0.3, -0.25) is 4.79 Å². The first kappa shape index (κ1) is 12.7. The van der Waals surface area contributed by atoms with Crippen molar-refractivity contribution in [2.24, 2.45) is 0 Å². The number of benzene rings is 1. The Hall–Kier alpha value is -0.320. The highest BCUT2D eigenvalue weighted by Crippen LogP contribution is 2.29. The fraction of sp³-hybridized carbons (Fsp3) is 0.364. The zero-order chi connectivity index (χ0) is 11.3. The fourth-order valence-corrected chi connectivity index (χ4v) is 2.60. The largest absolute Gasteiger partial charge is 0.396 e. The average molecular weight is 289 g/mol. The minimum Gasteiger partial charge on any atom is -0.396 e. The molecule has 0 bridgehead atoms. The molecule has 0 aliphatic heterocycles. The van der Waals surface area contributed by atoms with Crippen LogP contribution in [-0.2, 0) is 0 Å². The molecule has 0 saturated carbocycles. The standard InChI is InChI=1S/C11H13BrO2S/c1-8(4-5-13)15-11-3-2-10(12)6-9(11)7-14/h2-3,6-8,13H,4-5H2,1H3. The molecule has 0 aliphatic carbocycles. The summed E-state index contributed by atoms with van der Waals surface area (Å²) >= 11 is 4.94.